The summed E-state index contributed by atoms with van der Waals surface area (Å²) in [7, 11) is 2.10. The number of amides is 3. The van der Waals surface area contributed by atoms with Gasteiger partial charge in [-0.25, -0.2) is 4.79 Å². The summed E-state index contributed by atoms with van der Waals surface area (Å²) in [5, 5.41) is 8.95. The van der Waals surface area contributed by atoms with E-state index in [2.05, 4.69) is 57.1 Å². The van der Waals surface area contributed by atoms with Crippen LogP contribution in [0.3, 0.4) is 0 Å². The highest BCUT2D eigenvalue weighted by atomic mass is 16.2. The lowest BCUT2D eigenvalue weighted by molar-refractivity contribution is -0.117. The van der Waals surface area contributed by atoms with E-state index in [0.717, 1.165) is 51.1 Å². The molecule has 0 bridgehead atoms. The van der Waals surface area contributed by atoms with Crippen LogP contribution in [0.2, 0.25) is 0 Å². The molecule has 3 amide bonds. The first-order valence-electron chi connectivity index (χ1n) is 11.4. The zero-order chi connectivity index (χ0) is 22.6. The molecule has 2 aromatic carbocycles. The van der Waals surface area contributed by atoms with E-state index < -0.39 is 0 Å². The molecule has 0 atom stereocenters. The van der Waals surface area contributed by atoms with Crippen LogP contribution in [0, 0.1) is 0 Å². The second kappa shape index (κ2) is 12.8. The summed E-state index contributed by atoms with van der Waals surface area (Å²) in [5.74, 6) is -0.00224. The molecule has 172 valence electrons. The van der Waals surface area contributed by atoms with Gasteiger partial charge in [-0.3, -0.25) is 9.69 Å². The smallest absolute Gasteiger partial charge is 0.315 e. The molecule has 1 heterocycles. The summed E-state index contributed by atoms with van der Waals surface area (Å²) in [6.45, 7) is 4.48. The Morgan fingerprint density at radius 3 is 2.34 bits per heavy atom. The number of hydrogen-bond donors (Lipinski definition) is 3. The zero-order valence-corrected chi connectivity index (χ0v) is 18.9. The van der Waals surface area contributed by atoms with E-state index in [9.17, 15) is 9.59 Å². The molecule has 1 aliphatic heterocycles. The molecule has 1 saturated heterocycles. The van der Waals surface area contributed by atoms with E-state index in [0.29, 0.717) is 13.1 Å². The van der Waals surface area contributed by atoms with Crippen molar-refractivity contribution in [3.63, 3.8) is 0 Å². The van der Waals surface area contributed by atoms with Crippen LogP contribution in [0.4, 0.5) is 10.5 Å². The highest BCUT2D eigenvalue weighted by Crippen LogP contribution is 2.11. The third-order valence-corrected chi connectivity index (χ3v) is 5.65. The first-order valence-corrected chi connectivity index (χ1v) is 11.4. The Hall–Kier alpha value is -2.90. The number of carbonyl (C=O) groups is 2. The lowest BCUT2D eigenvalue weighted by Gasteiger charge is -2.31. The van der Waals surface area contributed by atoms with Gasteiger partial charge in [-0.05, 0) is 50.6 Å². The van der Waals surface area contributed by atoms with Crippen LogP contribution in [-0.2, 0) is 11.3 Å². The van der Waals surface area contributed by atoms with Gasteiger partial charge in [0.1, 0.15) is 0 Å². The SMILES string of the molecule is CN(CCCNC(=O)NC1CCN(CC(=O)Nc2ccccc2)CC1)Cc1ccccc1. The molecule has 0 unspecified atom stereocenters. The molecule has 1 aliphatic rings. The molecular formula is C25H35N5O2. The molecular weight excluding hydrogens is 402 g/mol. The van der Waals surface area contributed by atoms with Crippen molar-refractivity contribution in [2.45, 2.75) is 31.8 Å². The summed E-state index contributed by atoms with van der Waals surface area (Å²) in [6.07, 6.45) is 2.61. The maximum absolute atomic E-state index is 12.2. The van der Waals surface area contributed by atoms with Gasteiger partial charge >= 0.3 is 6.03 Å². The monoisotopic (exact) mass is 437 g/mol. The third kappa shape index (κ3) is 8.69. The number of nitrogens with one attached hydrogen (secondary N) is 3. The second-order valence-corrected chi connectivity index (χ2v) is 8.44. The van der Waals surface area contributed by atoms with E-state index in [1.54, 1.807) is 0 Å². The van der Waals surface area contributed by atoms with E-state index in [1.165, 1.54) is 5.56 Å². The maximum Gasteiger partial charge on any atom is 0.315 e. The minimum Gasteiger partial charge on any atom is -0.338 e. The van der Waals surface area contributed by atoms with Crippen LogP contribution < -0.4 is 16.0 Å². The minimum atomic E-state index is -0.101. The number of benzene rings is 2. The largest absolute Gasteiger partial charge is 0.338 e. The first kappa shape index (κ1) is 23.8. The van der Waals surface area contributed by atoms with Crippen molar-refractivity contribution >= 4 is 17.6 Å². The number of rotatable bonds is 10. The Morgan fingerprint density at radius 2 is 1.66 bits per heavy atom. The van der Waals surface area contributed by atoms with Crippen molar-refractivity contribution in [1.82, 2.24) is 20.4 Å². The normalized spacial score (nSPS) is 14.8. The predicted molar refractivity (Wildman–Crippen MR) is 128 cm³/mol. The summed E-state index contributed by atoms with van der Waals surface area (Å²) < 4.78 is 0. The Kier molecular flexibility index (Phi) is 9.53. The van der Waals surface area contributed by atoms with Gasteiger partial charge in [-0.2, -0.15) is 0 Å². The van der Waals surface area contributed by atoms with Crippen LogP contribution in [0.15, 0.2) is 60.7 Å². The van der Waals surface area contributed by atoms with Crippen molar-refractivity contribution in [3.05, 3.63) is 66.2 Å². The summed E-state index contributed by atoms with van der Waals surface area (Å²) in [6, 6.07) is 19.9. The van der Waals surface area contributed by atoms with Crippen molar-refractivity contribution in [3.8, 4) is 0 Å². The fraction of sp³-hybridized carbons (Fsp3) is 0.440. The van der Waals surface area contributed by atoms with Gasteiger partial charge in [-0.15, -0.1) is 0 Å². The van der Waals surface area contributed by atoms with Gasteiger partial charge in [0.2, 0.25) is 5.91 Å². The predicted octanol–water partition coefficient (Wildman–Crippen LogP) is 2.91. The topological polar surface area (TPSA) is 76.7 Å². The van der Waals surface area contributed by atoms with Gasteiger partial charge in [0.25, 0.3) is 0 Å². The van der Waals surface area contributed by atoms with E-state index in [1.807, 2.05) is 36.4 Å². The molecule has 2 aromatic rings. The number of piperidine rings is 1. The van der Waals surface area contributed by atoms with E-state index in [-0.39, 0.29) is 18.0 Å². The number of nitrogens with zero attached hydrogens (tertiary/aromatic N) is 2. The Balaban J connectivity index is 1.24. The summed E-state index contributed by atoms with van der Waals surface area (Å²) in [5.41, 5.74) is 2.11. The van der Waals surface area contributed by atoms with Gasteiger partial charge in [0.05, 0.1) is 6.54 Å². The molecule has 0 aliphatic carbocycles. The molecule has 0 spiro atoms. The fourth-order valence-corrected chi connectivity index (χ4v) is 3.92. The van der Waals surface area contributed by atoms with Crippen LogP contribution in [0.5, 0.6) is 0 Å². The fourth-order valence-electron chi connectivity index (χ4n) is 3.92. The van der Waals surface area contributed by atoms with Crippen LogP contribution in [0.1, 0.15) is 24.8 Å². The van der Waals surface area contributed by atoms with Crippen molar-refractivity contribution < 1.29 is 9.59 Å². The number of urea groups is 1. The standard InChI is InChI=1S/C25H35N5O2/c1-29(19-21-9-4-2-5-10-21)16-8-15-26-25(32)28-23-13-17-30(18-14-23)20-24(31)27-22-11-6-3-7-12-22/h2-7,9-12,23H,8,13-20H2,1H3,(H,27,31)(H2,26,28,32). The number of carbonyl (C=O) groups excluding carboxylic acids is 2. The van der Waals surface area contributed by atoms with Crippen LogP contribution >= 0.6 is 0 Å². The summed E-state index contributed by atoms with van der Waals surface area (Å²) >= 11 is 0. The third-order valence-electron chi connectivity index (χ3n) is 5.65. The Morgan fingerprint density at radius 1 is 1.00 bits per heavy atom. The van der Waals surface area contributed by atoms with Gasteiger partial charge in [0, 0.05) is 37.9 Å². The highest BCUT2D eigenvalue weighted by molar-refractivity contribution is 5.92. The van der Waals surface area contributed by atoms with Crippen molar-refractivity contribution in [1.29, 1.82) is 0 Å². The van der Waals surface area contributed by atoms with Gasteiger partial charge in [0.15, 0.2) is 0 Å². The molecule has 3 rings (SSSR count). The Labute approximate surface area is 191 Å². The lowest BCUT2D eigenvalue weighted by atomic mass is 10.1. The number of anilines is 1. The molecule has 3 N–H and O–H groups in total. The van der Waals surface area contributed by atoms with E-state index in [4.69, 9.17) is 0 Å². The van der Waals surface area contributed by atoms with E-state index >= 15 is 0 Å². The zero-order valence-electron chi connectivity index (χ0n) is 18.9. The molecule has 7 nitrogen and oxygen atoms in total. The van der Waals surface area contributed by atoms with Gasteiger partial charge < -0.3 is 20.9 Å². The minimum absolute atomic E-state index is 0.00224. The summed E-state index contributed by atoms with van der Waals surface area (Å²) in [4.78, 5) is 28.8. The average molecular weight is 438 g/mol. The number of para-hydroxylation sites is 1. The number of likely N-dealkylation sites (tertiary alicyclic amines) is 1. The quantitative estimate of drug-likeness (QED) is 0.500. The molecule has 0 saturated carbocycles. The molecule has 0 radical (unpaired) electrons. The first-order chi connectivity index (χ1) is 15.6. The molecule has 0 aromatic heterocycles. The average Bonchev–Trinajstić information content (AvgIpc) is 2.79. The second-order valence-electron chi connectivity index (χ2n) is 8.44. The lowest BCUT2D eigenvalue weighted by Crippen LogP contribution is -2.49. The van der Waals surface area contributed by atoms with Crippen LogP contribution in [0.25, 0.3) is 0 Å². The maximum atomic E-state index is 12.2. The highest BCUT2D eigenvalue weighted by Gasteiger charge is 2.22. The molecule has 7 heteroatoms. The van der Waals surface area contributed by atoms with Crippen molar-refractivity contribution in [2.75, 3.05) is 45.1 Å². The van der Waals surface area contributed by atoms with Crippen LogP contribution in [-0.4, -0.2) is 67.6 Å². The number of hydrogen-bond acceptors (Lipinski definition) is 4. The van der Waals surface area contributed by atoms with Crippen molar-refractivity contribution in [2.24, 2.45) is 0 Å². The molecule has 32 heavy (non-hydrogen) atoms. The van der Waals surface area contributed by atoms with Gasteiger partial charge in [-0.1, -0.05) is 48.5 Å². The Bertz CT molecular complexity index is 823. The molecule has 1 fully saturated rings.